The molecule has 148 valence electrons. The number of rotatable bonds is 7. The molecule has 0 aliphatic carbocycles. The van der Waals surface area contributed by atoms with Crippen molar-refractivity contribution in [2.24, 2.45) is 0 Å². The third-order valence-corrected chi connectivity index (χ3v) is 4.67. The summed E-state index contributed by atoms with van der Waals surface area (Å²) in [7, 11) is 1.77. The van der Waals surface area contributed by atoms with Crippen molar-refractivity contribution in [1.29, 1.82) is 0 Å². The van der Waals surface area contributed by atoms with Gasteiger partial charge in [-0.2, -0.15) is 10.2 Å². The molecule has 0 aliphatic rings. The zero-order valence-electron chi connectivity index (χ0n) is 17.1. The molecule has 3 aromatic rings. The smallest absolute Gasteiger partial charge is 0.274 e. The van der Waals surface area contributed by atoms with Crippen LogP contribution in [0.25, 0.3) is 0 Å². The molecule has 3 rings (SSSR count). The highest BCUT2D eigenvalue weighted by molar-refractivity contribution is 5.91. The molecule has 0 atom stereocenters. The van der Waals surface area contributed by atoms with Gasteiger partial charge in [-0.25, -0.2) is 4.68 Å². The zero-order chi connectivity index (χ0) is 20.3. The summed E-state index contributed by atoms with van der Waals surface area (Å²) in [4.78, 5) is 14.4. The van der Waals surface area contributed by atoms with E-state index in [-0.39, 0.29) is 12.6 Å². The van der Waals surface area contributed by atoms with E-state index in [0.29, 0.717) is 12.2 Å². The topological polar surface area (TPSA) is 65.2 Å². The maximum absolute atomic E-state index is 12.7. The Balaban J connectivity index is 1.62. The molecular weight excluding hydrogens is 354 g/mol. The molecule has 1 amide bonds. The van der Waals surface area contributed by atoms with Crippen LogP contribution in [0.5, 0.6) is 5.75 Å². The van der Waals surface area contributed by atoms with Crippen LogP contribution in [-0.2, 0) is 19.8 Å². The van der Waals surface area contributed by atoms with Crippen molar-refractivity contribution in [2.45, 2.75) is 47.5 Å². The largest absolute Gasteiger partial charge is 0.471 e. The monoisotopic (exact) mass is 381 g/mol. The molecule has 7 heteroatoms. The second-order valence-corrected chi connectivity index (χ2v) is 7.04. The van der Waals surface area contributed by atoms with Crippen LogP contribution in [0.2, 0.25) is 0 Å². The lowest BCUT2D eigenvalue weighted by atomic mass is 10.1. The molecule has 2 aromatic heterocycles. The third-order valence-electron chi connectivity index (χ3n) is 4.67. The molecule has 0 bridgehead atoms. The van der Waals surface area contributed by atoms with Gasteiger partial charge in [0.25, 0.3) is 5.91 Å². The van der Waals surface area contributed by atoms with E-state index in [1.165, 1.54) is 5.56 Å². The van der Waals surface area contributed by atoms with Gasteiger partial charge in [0, 0.05) is 38.1 Å². The molecule has 0 spiro atoms. The molecule has 28 heavy (non-hydrogen) atoms. The van der Waals surface area contributed by atoms with Crippen LogP contribution in [0.15, 0.2) is 36.7 Å². The maximum atomic E-state index is 12.7. The average Bonchev–Trinajstić information content (AvgIpc) is 3.27. The van der Waals surface area contributed by atoms with Crippen molar-refractivity contribution in [1.82, 2.24) is 24.5 Å². The molecule has 0 unspecified atom stereocenters. The van der Waals surface area contributed by atoms with Crippen LogP contribution in [0.3, 0.4) is 0 Å². The average molecular weight is 381 g/mol. The maximum Gasteiger partial charge on any atom is 0.274 e. The molecule has 0 fully saturated rings. The van der Waals surface area contributed by atoms with Crippen molar-refractivity contribution in [2.75, 3.05) is 7.05 Å². The SMILES string of the molecule is CCn1cc(CN(C)C(=O)c2ccn(COc3ccc(C)cc3C)n2)c(C)n1. The van der Waals surface area contributed by atoms with E-state index in [1.807, 2.05) is 50.7 Å². The zero-order valence-corrected chi connectivity index (χ0v) is 17.1. The number of nitrogens with zero attached hydrogens (tertiary/aromatic N) is 5. The van der Waals surface area contributed by atoms with E-state index in [4.69, 9.17) is 4.74 Å². The second-order valence-electron chi connectivity index (χ2n) is 7.04. The van der Waals surface area contributed by atoms with Crippen LogP contribution in [0.1, 0.15) is 39.8 Å². The highest BCUT2D eigenvalue weighted by atomic mass is 16.5. The Morgan fingerprint density at radius 3 is 2.61 bits per heavy atom. The van der Waals surface area contributed by atoms with Gasteiger partial charge >= 0.3 is 0 Å². The van der Waals surface area contributed by atoms with Crippen molar-refractivity contribution in [3.8, 4) is 5.75 Å². The first kappa shape index (κ1) is 19.7. The molecule has 2 heterocycles. The number of ether oxygens (including phenoxy) is 1. The van der Waals surface area contributed by atoms with Crippen LogP contribution < -0.4 is 4.74 Å². The Morgan fingerprint density at radius 1 is 1.14 bits per heavy atom. The summed E-state index contributed by atoms with van der Waals surface area (Å²) in [5.74, 6) is 0.684. The molecule has 0 aliphatic heterocycles. The van der Waals surface area contributed by atoms with E-state index in [9.17, 15) is 4.79 Å². The van der Waals surface area contributed by atoms with Gasteiger partial charge in [-0.05, 0) is 45.4 Å². The van der Waals surface area contributed by atoms with Gasteiger partial charge in [0.05, 0.1) is 5.69 Å². The fourth-order valence-electron chi connectivity index (χ4n) is 3.04. The lowest BCUT2D eigenvalue weighted by molar-refractivity contribution is 0.0777. The third kappa shape index (κ3) is 4.42. The predicted octanol–water partition coefficient (Wildman–Crippen LogP) is 3.33. The van der Waals surface area contributed by atoms with Crippen molar-refractivity contribution in [3.63, 3.8) is 0 Å². The number of aromatic nitrogens is 4. The second kappa shape index (κ2) is 8.29. The lowest BCUT2D eigenvalue weighted by Crippen LogP contribution is -2.27. The number of amides is 1. The Morgan fingerprint density at radius 2 is 1.93 bits per heavy atom. The summed E-state index contributed by atoms with van der Waals surface area (Å²) >= 11 is 0. The van der Waals surface area contributed by atoms with E-state index in [1.54, 1.807) is 28.9 Å². The molecule has 0 saturated carbocycles. The number of benzene rings is 1. The molecule has 0 N–H and O–H groups in total. The minimum atomic E-state index is -0.131. The molecule has 0 saturated heterocycles. The number of hydrogen-bond acceptors (Lipinski definition) is 4. The van der Waals surface area contributed by atoms with Crippen molar-refractivity contribution in [3.05, 3.63) is 64.7 Å². The first-order chi connectivity index (χ1) is 13.4. The Bertz CT molecular complexity index is 973. The first-order valence-corrected chi connectivity index (χ1v) is 9.39. The van der Waals surface area contributed by atoms with Gasteiger partial charge in [-0.15, -0.1) is 0 Å². The van der Waals surface area contributed by atoms with Gasteiger partial charge in [-0.3, -0.25) is 9.48 Å². The normalized spacial score (nSPS) is 10.9. The summed E-state index contributed by atoms with van der Waals surface area (Å²) in [6, 6.07) is 7.75. The molecule has 0 radical (unpaired) electrons. The standard InChI is InChI=1S/C21H27N5O2/c1-6-25-13-18(17(4)22-25)12-24(5)21(27)19-9-10-26(23-19)14-28-20-8-7-15(2)11-16(20)3/h7-11,13H,6,12,14H2,1-5H3. The first-order valence-electron chi connectivity index (χ1n) is 9.39. The van der Waals surface area contributed by atoms with Gasteiger partial charge < -0.3 is 9.64 Å². The van der Waals surface area contributed by atoms with E-state index >= 15 is 0 Å². The minimum Gasteiger partial charge on any atom is -0.471 e. The molecule has 1 aromatic carbocycles. The van der Waals surface area contributed by atoms with Crippen LogP contribution in [0, 0.1) is 20.8 Å². The Labute approximate surface area is 165 Å². The lowest BCUT2D eigenvalue weighted by Gasteiger charge is -2.15. The highest BCUT2D eigenvalue weighted by Gasteiger charge is 2.17. The van der Waals surface area contributed by atoms with Crippen LogP contribution in [-0.4, -0.2) is 37.4 Å². The van der Waals surface area contributed by atoms with Crippen LogP contribution >= 0.6 is 0 Å². The number of carbonyl (C=O) groups excluding carboxylic acids is 1. The summed E-state index contributed by atoms with van der Waals surface area (Å²) in [6.45, 7) is 9.62. The van der Waals surface area contributed by atoms with Gasteiger partial charge in [0.15, 0.2) is 12.4 Å². The van der Waals surface area contributed by atoms with Crippen molar-refractivity contribution >= 4 is 5.91 Å². The fourth-order valence-corrected chi connectivity index (χ4v) is 3.04. The predicted molar refractivity (Wildman–Crippen MR) is 107 cm³/mol. The van der Waals surface area contributed by atoms with E-state index < -0.39 is 0 Å². The highest BCUT2D eigenvalue weighted by Crippen LogP contribution is 2.19. The summed E-state index contributed by atoms with van der Waals surface area (Å²) in [6.07, 6.45) is 3.74. The summed E-state index contributed by atoms with van der Waals surface area (Å²) in [5, 5.41) is 8.78. The van der Waals surface area contributed by atoms with Crippen molar-refractivity contribution < 1.29 is 9.53 Å². The molecular formula is C21H27N5O2. The summed E-state index contributed by atoms with van der Waals surface area (Å²) in [5.41, 5.74) is 4.64. The van der Waals surface area contributed by atoms with E-state index in [0.717, 1.165) is 29.1 Å². The van der Waals surface area contributed by atoms with Gasteiger partial charge in [0.1, 0.15) is 5.75 Å². The number of aryl methyl sites for hydroxylation is 4. The van der Waals surface area contributed by atoms with Gasteiger partial charge in [-0.1, -0.05) is 17.7 Å². The minimum absolute atomic E-state index is 0.131. The quantitative estimate of drug-likeness (QED) is 0.630. The Kier molecular flexibility index (Phi) is 5.82. The van der Waals surface area contributed by atoms with Crippen LogP contribution in [0.4, 0.5) is 0 Å². The van der Waals surface area contributed by atoms with Gasteiger partial charge in [0.2, 0.25) is 0 Å². The summed E-state index contributed by atoms with van der Waals surface area (Å²) < 4.78 is 9.33. The molecule has 7 nitrogen and oxygen atoms in total. The fraction of sp³-hybridized carbons (Fsp3) is 0.381. The number of carbonyl (C=O) groups is 1. The number of hydrogen-bond donors (Lipinski definition) is 0. The Hall–Kier alpha value is -3.09. The van der Waals surface area contributed by atoms with E-state index in [2.05, 4.69) is 16.3 Å².